The SMILES string of the molecule is NC(=O)c1ccc2nc(-c3ccccc3)c(-c3ccc(CN4CCC(n5c(=O)[nH]c6ccccc65)CC4)cc3)nc2c1. The van der Waals surface area contributed by atoms with Crippen molar-refractivity contribution in [1.29, 1.82) is 0 Å². The van der Waals surface area contributed by atoms with E-state index in [1.165, 1.54) is 5.56 Å². The van der Waals surface area contributed by atoms with Crippen LogP contribution in [-0.2, 0) is 6.54 Å². The predicted octanol–water partition coefficient (Wildman–Crippen LogP) is 5.54. The van der Waals surface area contributed by atoms with Crippen molar-refractivity contribution in [1.82, 2.24) is 24.4 Å². The number of carbonyl (C=O) groups is 1. The number of nitrogens with two attached hydrogens (primary N) is 1. The summed E-state index contributed by atoms with van der Waals surface area (Å²) >= 11 is 0. The minimum atomic E-state index is -0.491. The third-order valence-electron chi connectivity index (χ3n) is 8.18. The van der Waals surface area contributed by atoms with Gasteiger partial charge in [0, 0.05) is 42.4 Å². The number of aromatic nitrogens is 4. The van der Waals surface area contributed by atoms with Crippen LogP contribution in [0.5, 0.6) is 0 Å². The first-order chi connectivity index (χ1) is 20.5. The number of H-pyrrole nitrogens is 1. The first-order valence-corrected chi connectivity index (χ1v) is 14.2. The van der Waals surface area contributed by atoms with Gasteiger partial charge in [-0.25, -0.2) is 14.8 Å². The van der Waals surface area contributed by atoms with E-state index < -0.39 is 5.91 Å². The Kier molecular flexibility index (Phi) is 6.60. The smallest absolute Gasteiger partial charge is 0.326 e. The molecule has 0 saturated carbocycles. The highest BCUT2D eigenvalue weighted by Gasteiger charge is 2.23. The molecule has 8 nitrogen and oxygen atoms in total. The second kappa shape index (κ2) is 10.7. The Hall–Kier alpha value is -5.08. The first kappa shape index (κ1) is 25.9. The van der Waals surface area contributed by atoms with E-state index in [1.807, 2.05) is 59.2 Å². The molecular formula is C34H30N6O2. The zero-order chi connectivity index (χ0) is 28.6. The summed E-state index contributed by atoms with van der Waals surface area (Å²) in [5.74, 6) is -0.491. The van der Waals surface area contributed by atoms with E-state index >= 15 is 0 Å². The molecule has 1 aliphatic heterocycles. The van der Waals surface area contributed by atoms with E-state index in [0.717, 1.165) is 66.0 Å². The number of hydrogen-bond donors (Lipinski definition) is 2. The Bertz CT molecular complexity index is 1970. The third-order valence-corrected chi connectivity index (χ3v) is 8.18. The Labute approximate surface area is 242 Å². The molecule has 3 heterocycles. The summed E-state index contributed by atoms with van der Waals surface area (Å²) in [6.07, 6.45) is 1.86. The molecule has 0 bridgehead atoms. The molecule has 1 aliphatic rings. The zero-order valence-electron chi connectivity index (χ0n) is 23.0. The average Bonchev–Trinajstić information content (AvgIpc) is 3.37. The number of amides is 1. The molecule has 0 spiro atoms. The Balaban J connectivity index is 1.12. The zero-order valence-corrected chi connectivity index (χ0v) is 23.0. The van der Waals surface area contributed by atoms with Crippen molar-refractivity contribution in [2.75, 3.05) is 13.1 Å². The standard InChI is InChI=1S/C34H30N6O2/c35-33(41)25-14-15-27-29(20-25)37-32(31(36-27)23-6-2-1-3-7-23)24-12-10-22(11-13-24)21-39-18-16-26(17-19-39)40-30-9-5-4-8-28(30)38-34(40)42/h1-15,20,26H,16-19,21H2,(H2,35,41)(H,38,42). The number of para-hydroxylation sites is 2. The lowest BCUT2D eigenvalue weighted by molar-refractivity contribution is 0.100. The minimum Gasteiger partial charge on any atom is -0.366 e. The van der Waals surface area contributed by atoms with Gasteiger partial charge in [-0.1, -0.05) is 66.7 Å². The topological polar surface area (TPSA) is 110 Å². The van der Waals surface area contributed by atoms with Gasteiger partial charge in [0.05, 0.1) is 33.5 Å². The molecule has 1 fully saturated rings. The lowest BCUT2D eigenvalue weighted by atomic mass is 10.0. The van der Waals surface area contributed by atoms with Gasteiger partial charge < -0.3 is 10.7 Å². The predicted molar refractivity (Wildman–Crippen MR) is 165 cm³/mol. The van der Waals surface area contributed by atoms with E-state index in [2.05, 4.69) is 34.1 Å². The Morgan fingerprint density at radius 2 is 1.48 bits per heavy atom. The summed E-state index contributed by atoms with van der Waals surface area (Å²) in [6, 6.07) is 31.8. The number of aromatic amines is 1. The highest BCUT2D eigenvalue weighted by Crippen LogP contribution is 2.32. The monoisotopic (exact) mass is 554 g/mol. The molecule has 1 saturated heterocycles. The molecule has 2 aromatic heterocycles. The summed E-state index contributed by atoms with van der Waals surface area (Å²) in [7, 11) is 0. The summed E-state index contributed by atoms with van der Waals surface area (Å²) in [5, 5.41) is 0. The molecule has 0 radical (unpaired) electrons. The number of benzene rings is 4. The molecule has 8 heteroatoms. The van der Waals surface area contributed by atoms with Gasteiger partial charge in [0.15, 0.2) is 0 Å². The van der Waals surface area contributed by atoms with Gasteiger partial charge in [0.25, 0.3) is 0 Å². The second-order valence-electron chi connectivity index (χ2n) is 10.9. The summed E-state index contributed by atoms with van der Waals surface area (Å²) in [5.41, 5.74) is 13.8. The molecular weight excluding hydrogens is 524 g/mol. The van der Waals surface area contributed by atoms with Crippen molar-refractivity contribution in [2.45, 2.75) is 25.4 Å². The van der Waals surface area contributed by atoms with Gasteiger partial charge >= 0.3 is 5.69 Å². The van der Waals surface area contributed by atoms with Crippen LogP contribution in [-0.4, -0.2) is 43.4 Å². The number of fused-ring (bicyclic) bond motifs is 2. The van der Waals surface area contributed by atoms with E-state index in [4.69, 9.17) is 15.7 Å². The van der Waals surface area contributed by atoms with Crippen molar-refractivity contribution in [2.24, 2.45) is 5.73 Å². The molecule has 6 aromatic rings. The number of primary amides is 1. The summed E-state index contributed by atoms with van der Waals surface area (Å²) in [4.78, 5) is 39.8. The Morgan fingerprint density at radius 3 is 2.21 bits per heavy atom. The van der Waals surface area contributed by atoms with Crippen LogP contribution in [0.1, 0.15) is 34.8 Å². The highest BCUT2D eigenvalue weighted by atomic mass is 16.1. The van der Waals surface area contributed by atoms with Gasteiger partial charge in [-0.15, -0.1) is 0 Å². The van der Waals surface area contributed by atoms with E-state index in [9.17, 15) is 9.59 Å². The number of nitrogens with one attached hydrogen (secondary N) is 1. The van der Waals surface area contributed by atoms with E-state index in [1.54, 1.807) is 18.2 Å². The molecule has 7 rings (SSSR count). The minimum absolute atomic E-state index is 0.0252. The normalized spacial score (nSPS) is 14.5. The molecule has 1 amide bonds. The second-order valence-corrected chi connectivity index (χ2v) is 10.9. The molecule has 0 unspecified atom stereocenters. The molecule has 42 heavy (non-hydrogen) atoms. The van der Waals surface area contributed by atoms with E-state index in [0.29, 0.717) is 16.6 Å². The number of nitrogens with zero attached hydrogens (tertiary/aromatic N) is 4. The van der Waals surface area contributed by atoms with Crippen LogP contribution in [0.2, 0.25) is 0 Å². The van der Waals surface area contributed by atoms with Crippen LogP contribution in [0.3, 0.4) is 0 Å². The molecule has 0 aliphatic carbocycles. The maximum Gasteiger partial charge on any atom is 0.326 e. The number of carbonyl (C=O) groups excluding carboxylic acids is 1. The summed E-state index contributed by atoms with van der Waals surface area (Å²) in [6.45, 7) is 2.69. The number of piperidine rings is 1. The first-order valence-electron chi connectivity index (χ1n) is 14.2. The van der Waals surface area contributed by atoms with Crippen LogP contribution in [0.25, 0.3) is 44.6 Å². The van der Waals surface area contributed by atoms with Crippen molar-refractivity contribution >= 4 is 28.0 Å². The maximum absolute atomic E-state index is 12.7. The molecule has 0 atom stereocenters. The van der Waals surface area contributed by atoms with Crippen LogP contribution >= 0.6 is 0 Å². The van der Waals surface area contributed by atoms with Crippen LogP contribution < -0.4 is 11.4 Å². The van der Waals surface area contributed by atoms with Crippen LogP contribution in [0.4, 0.5) is 0 Å². The van der Waals surface area contributed by atoms with Gasteiger partial charge in [0.1, 0.15) is 0 Å². The van der Waals surface area contributed by atoms with Gasteiger partial charge in [-0.2, -0.15) is 0 Å². The lowest BCUT2D eigenvalue weighted by Crippen LogP contribution is -2.36. The lowest BCUT2D eigenvalue weighted by Gasteiger charge is -2.32. The Morgan fingerprint density at radius 1 is 0.810 bits per heavy atom. The molecule has 4 aromatic carbocycles. The fourth-order valence-corrected chi connectivity index (χ4v) is 6.00. The number of imidazole rings is 1. The van der Waals surface area contributed by atoms with Crippen molar-refractivity contribution in [3.63, 3.8) is 0 Å². The van der Waals surface area contributed by atoms with Gasteiger partial charge in [-0.05, 0) is 48.7 Å². The van der Waals surface area contributed by atoms with Crippen LogP contribution in [0, 0.1) is 0 Å². The largest absolute Gasteiger partial charge is 0.366 e. The quantitative estimate of drug-likeness (QED) is 0.281. The van der Waals surface area contributed by atoms with Crippen molar-refractivity contribution in [3.8, 4) is 22.5 Å². The van der Waals surface area contributed by atoms with Crippen molar-refractivity contribution < 1.29 is 4.79 Å². The van der Waals surface area contributed by atoms with Crippen molar-refractivity contribution in [3.05, 3.63) is 119 Å². The molecule has 208 valence electrons. The molecule has 3 N–H and O–H groups in total. The third kappa shape index (κ3) is 4.86. The highest BCUT2D eigenvalue weighted by molar-refractivity contribution is 5.97. The maximum atomic E-state index is 12.7. The summed E-state index contributed by atoms with van der Waals surface area (Å²) < 4.78 is 1.93. The van der Waals surface area contributed by atoms with E-state index in [-0.39, 0.29) is 11.7 Å². The fourth-order valence-electron chi connectivity index (χ4n) is 6.00. The van der Waals surface area contributed by atoms with Crippen LogP contribution in [0.15, 0.2) is 102 Å². The van der Waals surface area contributed by atoms with Gasteiger partial charge in [0.2, 0.25) is 5.91 Å². The fraction of sp³-hybridized carbons (Fsp3) is 0.176. The number of rotatable bonds is 6. The number of hydrogen-bond acceptors (Lipinski definition) is 5. The van der Waals surface area contributed by atoms with Gasteiger partial charge in [-0.3, -0.25) is 14.3 Å². The number of likely N-dealkylation sites (tertiary alicyclic amines) is 1. The average molecular weight is 555 g/mol.